The highest BCUT2D eigenvalue weighted by Gasteiger charge is 2.22. The van der Waals surface area contributed by atoms with Crippen LogP contribution in [0.5, 0.6) is 0 Å². The van der Waals surface area contributed by atoms with Gasteiger partial charge in [-0.05, 0) is 30.5 Å². The second-order valence-corrected chi connectivity index (χ2v) is 7.16. The predicted octanol–water partition coefficient (Wildman–Crippen LogP) is 2.75. The van der Waals surface area contributed by atoms with Crippen LogP contribution in [0.25, 0.3) is 5.82 Å². The summed E-state index contributed by atoms with van der Waals surface area (Å²) in [6.07, 6.45) is 7.08. The fraction of sp³-hybridized carbons (Fsp3) is 0.263. The Morgan fingerprint density at radius 1 is 1.34 bits per heavy atom. The fourth-order valence-electron chi connectivity index (χ4n) is 2.75. The van der Waals surface area contributed by atoms with Crippen molar-refractivity contribution in [2.24, 2.45) is 0 Å². The van der Waals surface area contributed by atoms with Gasteiger partial charge in [0, 0.05) is 23.3 Å². The first-order valence-corrected chi connectivity index (χ1v) is 9.57. The molecule has 4 N–H and O–H groups in total. The number of aliphatic hydroxyl groups is 1. The van der Waals surface area contributed by atoms with Crippen LogP contribution in [0.2, 0.25) is 5.02 Å². The van der Waals surface area contributed by atoms with Crippen molar-refractivity contribution in [3.63, 3.8) is 0 Å². The molecule has 1 atom stereocenters. The van der Waals surface area contributed by atoms with Crippen molar-refractivity contribution in [3.05, 3.63) is 59.5 Å². The van der Waals surface area contributed by atoms with Crippen molar-refractivity contribution in [2.45, 2.75) is 24.9 Å². The number of amides is 2. The lowest BCUT2D eigenvalue weighted by Gasteiger charge is -2.17. The van der Waals surface area contributed by atoms with Crippen molar-refractivity contribution in [1.82, 2.24) is 25.1 Å². The summed E-state index contributed by atoms with van der Waals surface area (Å²) < 4.78 is 1.55. The molecule has 150 valence electrons. The maximum atomic E-state index is 12.3. The van der Waals surface area contributed by atoms with Crippen LogP contribution in [0, 0.1) is 0 Å². The molecule has 1 saturated carbocycles. The largest absolute Gasteiger partial charge is 0.394 e. The molecule has 1 aliphatic carbocycles. The van der Waals surface area contributed by atoms with Gasteiger partial charge >= 0.3 is 6.03 Å². The van der Waals surface area contributed by atoms with E-state index in [1.54, 1.807) is 47.4 Å². The number of anilines is 2. The van der Waals surface area contributed by atoms with Gasteiger partial charge in [0.2, 0.25) is 5.95 Å². The van der Waals surface area contributed by atoms with Gasteiger partial charge in [0.15, 0.2) is 5.82 Å². The van der Waals surface area contributed by atoms with Crippen LogP contribution in [0.15, 0.2) is 48.9 Å². The highest BCUT2D eigenvalue weighted by atomic mass is 35.5. The third kappa shape index (κ3) is 5.01. The molecule has 0 bridgehead atoms. The summed E-state index contributed by atoms with van der Waals surface area (Å²) in [4.78, 5) is 21.0. The molecule has 2 amide bonds. The minimum atomic E-state index is -0.582. The van der Waals surface area contributed by atoms with Crippen LogP contribution >= 0.6 is 11.6 Å². The molecule has 0 saturated heterocycles. The van der Waals surface area contributed by atoms with Gasteiger partial charge in [0.05, 0.1) is 30.7 Å². The van der Waals surface area contributed by atoms with Gasteiger partial charge in [-0.2, -0.15) is 10.1 Å². The monoisotopic (exact) mass is 413 g/mol. The molecule has 2 aromatic heterocycles. The van der Waals surface area contributed by atoms with Crippen LogP contribution in [-0.2, 0) is 0 Å². The zero-order valence-corrected chi connectivity index (χ0v) is 16.2. The highest BCUT2D eigenvalue weighted by Crippen LogP contribution is 2.23. The topological polar surface area (TPSA) is 117 Å². The number of aliphatic hydroxyl groups excluding tert-OH is 1. The minimum Gasteiger partial charge on any atom is -0.394 e. The smallest absolute Gasteiger partial charge is 0.319 e. The normalized spacial score (nSPS) is 14.3. The SMILES string of the molecule is O=C(Nc1cnn(-c2ccnc(NC3CC3)n2)c1)N[C@H](CO)c1cccc(Cl)c1. The molecular formula is C19H20ClN7O2. The van der Waals surface area contributed by atoms with Crippen LogP contribution in [0.1, 0.15) is 24.4 Å². The zero-order valence-electron chi connectivity index (χ0n) is 15.4. The fourth-order valence-corrected chi connectivity index (χ4v) is 2.95. The molecule has 3 aromatic rings. The van der Waals surface area contributed by atoms with Crippen LogP contribution < -0.4 is 16.0 Å². The minimum absolute atomic E-state index is 0.259. The van der Waals surface area contributed by atoms with Gasteiger partial charge in [0.1, 0.15) is 0 Å². The van der Waals surface area contributed by atoms with E-state index < -0.39 is 12.1 Å². The van der Waals surface area contributed by atoms with Crippen LogP contribution in [0.3, 0.4) is 0 Å². The van der Waals surface area contributed by atoms with Gasteiger partial charge in [-0.25, -0.2) is 14.5 Å². The Morgan fingerprint density at radius 3 is 2.97 bits per heavy atom. The van der Waals surface area contributed by atoms with E-state index in [1.807, 2.05) is 0 Å². The van der Waals surface area contributed by atoms with E-state index >= 15 is 0 Å². The second-order valence-electron chi connectivity index (χ2n) is 6.72. The molecule has 9 nitrogen and oxygen atoms in total. The second kappa shape index (κ2) is 8.46. The lowest BCUT2D eigenvalue weighted by molar-refractivity contribution is 0.225. The van der Waals surface area contributed by atoms with Crippen molar-refractivity contribution in [2.75, 3.05) is 17.2 Å². The number of halogens is 1. The van der Waals surface area contributed by atoms with E-state index in [0.29, 0.717) is 34.1 Å². The van der Waals surface area contributed by atoms with Gasteiger partial charge in [0.25, 0.3) is 0 Å². The molecule has 1 aromatic carbocycles. The lowest BCUT2D eigenvalue weighted by Crippen LogP contribution is -2.34. The maximum absolute atomic E-state index is 12.3. The number of hydrogen-bond acceptors (Lipinski definition) is 6. The molecule has 1 aliphatic rings. The third-order valence-corrected chi connectivity index (χ3v) is 4.60. The van der Waals surface area contributed by atoms with E-state index in [2.05, 4.69) is 31.0 Å². The number of urea groups is 1. The predicted molar refractivity (Wildman–Crippen MR) is 109 cm³/mol. The Balaban J connectivity index is 1.40. The van der Waals surface area contributed by atoms with Gasteiger partial charge in [-0.1, -0.05) is 23.7 Å². The number of carbonyl (C=O) groups excluding carboxylic acids is 1. The molecule has 0 spiro atoms. The number of benzene rings is 1. The number of aromatic nitrogens is 4. The Bertz CT molecular complexity index is 1010. The number of rotatable bonds is 7. The quantitative estimate of drug-likeness (QED) is 0.473. The summed E-state index contributed by atoms with van der Waals surface area (Å²) in [5, 5.41) is 23.0. The number of nitrogens with one attached hydrogen (secondary N) is 3. The Labute approximate surface area is 172 Å². The first-order chi connectivity index (χ1) is 14.1. The zero-order chi connectivity index (χ0) is 20.2. The van der Waals surface area contributed by atoms with Gasteiger partial charge in [-0.3, -0.25) is 0 Å². The number of nitrogens with zero attached hydrogens (tertiary/aromatic N) is 4. The molecule has 1 fully saturated rings. The van der Waals surface area contributed by atoms with E-state index in [-0.39, 0.29) is 6.61 Å². The van der Waals surface area contributed by atoms with E-state index in [0.717, 1.165) is 12.8 Å². The summed E-state index contributed by atoms with van der Waals surface area (Å²) in [7, 11) is 0. The standard InChI is InChI=1S/C19H20ClN7O2/c20-13-3-1-2-12(8-13)16(11-28)25-19(29)24-15-9-22-27(10-15)17-6-7-21-18(26-17)23-14-4-5-14/h1-3,6-10,14,16,28H,4-5,11H2,(H,21,23,26)(H2,24,25,29)/t16-/m1/s1. The highest BCUT2D eigenvalue weighted by molar-refractivity contribution is 6.30. The molecule has 4 rings (SSSR count). The average molecular weight is 414 g/mol. The van der Waals surface area contributed by atoms with Crippen molar-refractivity contribution in [1.29, 1.82) is 0 Å². The average Bonchev–Trinajstić information content (AvgIpc) is 3.41. The number of carbonyl (C=O) groups is 1. The van der Waals surface area contributed by atoms with E-state index in [4.69, 9.17) is 11.6 Å². The van der Waals surface area contributed by atoms with Crippen LogP contribution in [0.4, 0.5) is 16.4 Å². The lowest BCUT2D eigenvalue weighted by atomic mass is 10.1. The molecule has 29 heavy (non-hydrogen) atoms. The molecule has 10 heteroatoms. The number of hydrogen-bond donors (Lipinski definition) is 4. The van der Waals surface area contributed by atoms with Gasteiger partial charge < -0.3 is 21.1 Å². The molecule has 0 aliphatic heterocycles. The van der Waals surface area contributed by atoms with E-state index in [9.17, 15) is 9.90 Å². The van der Waals surface area contributed by atoms with Crippen LogP contribution in [-0.4, -0.2) is 43.5 Å². The first kappa shape index (κ1) is 19.2. The van der Waals surface area contributed by atoms with Crippen molar-refractivity contribution < 1.29 is 9.90 Å². The summed E-state index contributed by atoms with van der Waals surface area (Å²) in [6, 6.07) is 8.10. The molecule has 0 unspecified atom stereocenters. The summed E-state index contributed by atoms with van der Waals surface area (Å²) >= 11 is 5.98. The maximum Gasteiger partial charge on any atom is 0.319 e. The van der Waals surface area contributed by atoms with E-state index in [1.165, 1.54) is 6.20 Å². The summed E-state index contributed by atoms with van der Waals surface area (Å²) in [6.45, 7) is -0.259. The first-order valence-electron chi connectivity index (χ1n) is 9.19. The van der Waals surface area contributed by atoms with Gasteiger partial charge in [-0.15, -0.1) is 0 Å². The van der Waals surface area contributed by atoms with Crippen molar-refractivity contribution in [3.8, 4) is 5.82 Å². The summed E-state index contributed by atoms with van der Waals surface area (Å²) in [5.74, 6) is 1.14. The Hall–Kier alpha value is -3.17. The molecular weight excluding hydrogens is 394 g/mol. The third-order valence-electron chi connectivity index (χ3n) is 4.37. The Kier molecular flexibility index (Phi) is 5.59. The van der Waals surface area contributed by atoms with Crippen molar-refractivity contribution >= 4 is 29.3 Å². The molecule has 0 radical (unpaired) electrons. The summed E-state index contributed by atoms with van der Waals surface area (Å²) in [5.41, 5.74) is 1.20. The Morgan fingerprint density at radius 2 is 2.21 bits per heavy atom. The molecule has 2 heterocycles.